The molecule has 0 unspecified atom stereocenters. The van der Waals surface area contributed by atoms with Crippen LogP contribution in [0.15, 0.2) is 29.4 Å². The molecule has 1 aromatic rings. The average Bonchev–Trinajstić information content (AvgIpc) is 2.62. The van der Waals surface area contributed by atoms with Crippen LogP contribution >= 0.6 is 0 Å². The van der Waals surface area contributed by atoms with E-state index in [2.05, 4.69) is 20.2 Å². The highest BCUT2D eigenvalue weighted by molar-refractivity contribution is 5.77. The van der Waals surface area contributed by atoms with Gasteiger partial charge in [-0.25, -0.2) is 4.79 Å². The molecule has 0 saturated carbocycles. The fraction of sp³-hybridized carbons (Fsp3) is 0.632. The van der Waals surface area contributed by atoms with Crippen LogP contribution in [0.2, 0.25) is 0 Å². The molecular formula is C19H32N6O2. The zero-order valence-corrected chi connectivity index (χ0v) is 16.6. The number of nitrogens with zero attached hydrogens (tertiary/aromatic N) is 4. The third-order valence-electron chi connectivity index (χ3n) is 4.14. The minimum absolute atomic E-state index is 0.235. The number of pyridine rings is 1. The van der Waals surface area contributed by atoms with Crippen LogP contribution in [0, 0.1) is 0 Å². The van der Waals surface area contributed by atoms with E-state index >= 15 is 0 Å². The van der Waals surface area contributed by atoms with E-state index in [1.807, 2.05) is 39.0 Å². The Morgan fingerprint density at radius 3 is 2.67 bits per heavy atom. The number of guanidine groups is 1. The topological polar surface area (TPSA) is 96.1 Å². The molecule has 1 aromatic heterocycles. The van der Waals surface area contributed by atoms with Gasteiger partial charge in [-0.15, -0.1) is 0 Å². The number of nitrogens with two attached hydrogens (primary N) is 1. The molecule has 0 aromatic carbocycles. The van der Waals surface area contributed by atoms with Crippen LogP contribution in [0.3, 0.4) is 0 Å². The molecule has 1 aliphatic heterocycles. The number of ether oxygens (including phenoxy) is 1. The van der Waals surface area contributed by atoms with Crippen molar-refractivity contribution in [1.82, 2.24) is 20.1 Å². The molecule has 8 nitrogen and oxygen atoms in total. The Bertz CT molecular complexity index is 606. The van der Waals surface area contributed by atoms with Crippen molar-refractivity contribution in [1.29, 1.82) is 0 Å². The van der Waals surface area contributed by atoms with Crippen molar-refractivity contribution in [2.75, 3.05) is 45.8 Å². The van der Waals surface area contributed by atoms with E-state index in [0.717, 1.165) is 31.7 Å². The first-order chi connectivity index (χ1) is 12.8. The maximum absolute atomic E-state index is 12.1. The summed E-state index contributed by atoms with van der Waals surface area (Å²) in [5, 5.41) is 3.11. The highest BCUT2D eigenvalue weighted by Crippen LogP contribution is 2.11. The van der Waals surface area contributed by atoms with Crippen molar-refractivity contribution in [2.24, 2.45) is 10.7 Å². The standard InChI is InChI=1S/C19H32N6O2/c1-19(2,3)27-18(26)25-14-12-24(13-15-25)11-10-23-17(20)22-9-7-16-6-4-5-8-21-16/h4-6,8H,7,9-15H2,1-3H3,(H3,20,22,23). The minimum Gasteiger partial charge on any atom is -0.444 e. The van der Waals surface area contributed by atoms with Gasteiger partial charge in [0.25, 0.3) is 0 Å². The second kappa shape index (κ2) is 10.1. The molecule has 0 aliphatic carbocycles. The van der Waals surface area contributed by atoms with Gasteiger partial charge in [-0.1, -0.05) is 6.07 Å². The molecule has 0 bridgehead atoms. The number of aliphatic imine (C=N–C) groups is 1. The lowest BCUT2D eigenvalue weighted by molar-refractivity contribution is 0.0148. The molecule has 1 saturated heterocycles. The number of nitrogens with one attached hydrogen (secondary N) is 1. The third kappa shape index (κ3) is 8.25. The van der Waals surface area contributed by atoms with Gasteiger partial charge in [-0.3, -0.25) is 14.9 Å². The van der Waals surface area contributed by atoms with Crippen LogP contribution in [0.1, 0.15) is 26.5 Å². The van der Waals surface area contributed by atoms with Crippen LogP contribution in [-0.4, -0.2) is 78.3 Å². The fourth-order valence-corrected chi connectivity index (χ4v) is 2.71. The molecule has 1 amide bonds. The predicted octanol–water partition coefficient (Wildman–Crippen LogP) is 1.08. The number of hydrogen-bond acceptors (Lipinski definition) is 5. The van der Waals surface area contributed by atoms with Gasteiger partial charge in [0.15, 0.2) is 5.96 Å². The van der Waals surface area contributed by atoms with Gasteiger partial charge in [-0.05, 0) is 32.9 Å². The van der Waals surface area contributed by atoms with Crippen molar-refractivity contribution < 1.29 is 9.53 Å². The second-order valence-corrected chi connectivity index (χ2v) is 7.57. The molecule has 27 heavy (non-hydrogen) atoms. The van der Waals surface area contributed by atoms with Crippen molar-refractivity contribution in [3.63, 3.8) is 0 Å². The summed E-state index contributed by atoms with van der Waals surface area (Å²) >= 11 is 0. The van der Waals surface area contributed by atoms with Crippen molar-refractivity contribution in [2.45, 2.75) is 32.8 Å². The first-order valence-corrected chi connectivity index (χ1v) is 9.47. The normalized spacial score (nSPS) is 16.3. The van der Waals surface area contributed by atoms with E-state index in [1.54, 1.807) is 11.1 Å². The molecule has 0 spiro atoms. The van der Waals surface area contributed by atoms with E-state index in [9.17, 15) is 4.79 Å². The van der Waals surface area contributed by atoms with Crippen molar-refractivity contribution >= 4 is 12.1 Å². The molecule has 0 radical (unpaired) electrons. The molecule has 8 heteroatoms. The minimum atomic E-state index is -0.454. The molecule has 2 rings (SSSR count). The Balaban J connectivity index is 1.60. The summed E-state index contributed by atoms with van der Waals surface area (Å²) in [6, 6.07) is 5.87. The fourth-order valence-electron chi connectivity index (χ4n) is 2.71. The summed E-state index contributed by atoms with van der Waals surface area (Å²) in [6.07, 6.45) is 2.36. The summed E-state index contributed by atoms with van der Waals surface area (Å²) in [5.74, 6) is 0.457. The summed E-state index contributed by atoms with van der Waals surface area (Å²) in [6.45, 7) is 10.8. The number of aromatic nitrogens is 1. The number of carbonyl (C=O) groups excluding carboxylic acids is 1. The third-order valence-corrected chi connectivity index (χ3v) is 4.14. The van der Waals surface area contributed by atoms with Gasteiger partial charge < -0.3 is 20.7 Å². The zero-order chi connectivity index (χ0) is 19.7. The maximum atomic E-state index is 12.1. The number of rotatable bonds is 6. The van der Waals surface area contributed by atoms with Gasteiger partial charge >= 0.3 is 6.09 Å². The summed E-state index contributed by atoms with van der Waals surface area (Å²) in [7, 11) is 0. The first kappa shape index (κ1) is 21.0. The first-order valence-electron chi connectivity index (χ1n) is 9.47. The van der Waals surface area contributed by atoms with Crippen LogP contribution in [0.25, 0.3) is 0 Å². The summed E-state index contributed by atoms with van der Waals surface area (Å²) in [4.78, 5) is 24.7. The van der Waals surface area contributed by atoms with Crippen LogP contribution in [0.4, 0.5) is 4.79 Å². The molecule has 3 N–H and O–H groups in total. The molecule has 2 heterocycles. The number of hydrogen-bond donors (Lipinski definition) is 2. The van der Waals surface area contributed by atoms with E-state index in [-0.39, 0.29) is 6.09 Å². The Morgan fingerprint density at radius 2 is 2.04 bits per heavy atom. The van der Waals surface area contributed by atoms with Crippen LogP contribution in [0.5, 0.6) is 0 Å². The Kier molecular flexibility index (Phi) is 7.84. The predicted molar refractivity (Wildman–Crippen MR) is 107 cm³/mol. The monoisotopic (exact) mass is 376 g/mol. The van der Waals surface area contributed by atoms with E-state index < -0.39 is 5.60 Å². The number of amides is 1. The van der Waals surface area contributed by atoms with E-state index in [1.165, 1.54) is 0 Å². The molecule has 0 atom stereocenters. The largest absolute Gasteiger partial charge is 0.444 e. The van der Waals surface area contributed by atoms with Gasteiger partial charge in [0.05, 0.1) is 6.54 Å². The zero-order valence-electron chi connectivity index (χ0n) is 16.6. The summed E-state index contributed by atoms with van der Waals surface area (Å²) < 4.78 is 5.41. The smallest absolute Gasteiger partial charge is 0.410 e. The lowest BCUT2D eigenvalue weighted by Gasteiger charge is -2.35. The van der Waals surface area contributed by atoms with E-state index in [0.29, 0.717) is 32.1 Å². The Labute approximate surface area is 161 Å². The van der Waals surface area contributed by atoms with Gasteiger partial charge in [-0.2, -0.15) is 0 Å². The second-order valence-electron chi connectivity index (χ2n) is 7.57. The Hall–Kier alpha value is -2.35. The molecule has 1 fully saturated rings. The van der Waals surface area contributed by atoms with Gasteiger partial charge in [0, 0.05) is 57.6 Å². The van der Waals surface area contributed by atoms with E-state index in [4.69, 9.17) is 10.5 Å². The summed E-state index contributed by atoms with van der Waals surface area (Å²) in [5.41, 5.74) is 6.48. The number of carbonyl (C=O) groups is 1. The number of piperazine rings is 1. The molecule has 1 aliphatic rings. The quantitative estimate of drug-likeness (QED) is 0.570. The lowest BCUT2D eigenvalue weighted by atomic mass is 10.2. The molecular weight excluding hydrogens is 344 g/mol. The lowest BCUT2D eigenvalue weighted by Crippen LogP contribution is -2.50. The SMILES string of the molecule is CC(C)(C)OC(=O)N1CCN(CCN=C(N)NCCc2ccccn2)CC1. The van der Waals surface area contributed by atoms with Gasteiger partial charge in [0.2, 0.25) is 0 Å². The Morgan fingerprint density at radius 1 is 1.30 bits per heavy atom. The average molecular weight is 377 g/mol. The molecule has 150 valence electrons. The van der Waals surface area contributed by atoms with Crippen molar-refractivity contribution in [3.8, 4) is 0 Å². The maximum Gasteiger partial charge on any atom is 0.410 e. The van der Waals surface area contributed by atoms with Crippen LogP contribution < -0.4 is 11.1 Å². The highest BCUT2D eigenvalue weighted by Gasteiger charge is 2.25. The van der Waals surface area contributed by atoms with Crippen molar-refractivity contribution in [3.05, 3.63) is 30.1 Å². The van der Waals surface area contributed by atoms with Gasteiger partial charge in [0.1, 0.15) is 5.60 Å². The van der Waals surface area contributed by atoms with Crippen LogP contribution in [-0.2, 0) is 11.2 Å². The highest BCUT2D eigenvalue weighted by atomic mass is 16.6.